The molecule has 9 heteroatoms. The number of halogens is 2. The summed E-state index contributed by atoms with van der Waals surface area (Å²) in [6.07, 6.45) is -1.88. The molecule has 0 fully saturated rings. The van der Waals surface area contributed by atoms with Gasteiger partial charge in [-0.15, -0.1) is 0 Å². The summed E-state index contributed by atoms with van der Waals surface area (Å²) < 4.78 is 32.9. The van der Waals surface area contributed by atoms with Crippen LogP contribution >= 0.6 is 0 Å². The summed E-state index contributed by atoms with van der Waals surface area (Å²) in [6.45, 7) is 3.66. The quantitative estimate of drug-likeness (QED) is 0.742. The monoisotopic (exact) mass is 361 g/mol. The fourth-order valence-corrected chi connectivity index (χ4v) is 3.03. The molecule has 0 saturated heterocycles. The molecule has 2 aromatic heterocycles. The zero-order valence-corrected chi connectivity index (χ0v) is 14.4. The van der Waals surface area contributed by atoms with Gasteiger partial charge in [0.05, 0.1) is 19.0 Å². The second-order valence-corrected chi connectivity index (χ2v) is 5.79. The molecule has 4 N–H and O–H groups in total. The predicted molar refractivity (Wildman–Crippen MR) is 92.8 cm³/mol. The maximum absolute atomic E-state index is 13.0. The van der Waals surface area contributed by atoms with Crippen LogP contribution in [0.15, 0.2) is 18.3 Å². The Balaban J connectivity index is 2.46. The number of benzene rings is 1. The van der Waals surface area contributed by atoms with Gasteiger partial charge in [0.2, 0.25) is 0 Å². The number of aryl methyl sites for hydroxylation is 1. The lowest BCUT2D eigenvalue weighted by Crippen LogP contribution is -2.14. The molecule has 0 radical (unpaired) electrons. The van der Waals surface area contributed by atoms with Crippen molar-refractivity contribution in [1.29, 1.82) is 0 Å². The van der Waals surface area contributed by atoms with Crippen molar-refractivity contribution in [1.82, 2.24) is 14.5 Å². The highest BCUT2D eigenvalue weighted by Crippen LogP contribution is 2.35. The van der Waals surface area contributed by atoms with Crippen molar-refractivity contribution in [3.05, 3.63) is 40.7 Å². The molecule has 0 aliphatic heterocycles. The molecule has 26 heavy (non-hydrogen) atoms. The van der Waals surface area contributed by atoms with E-state index in [1.54, 1.807) is 6.07 Å². The van der Waals surface area contributed by atoms with E-state index in [4.69, 9.17) is 16.2 Å². The third-order valence-corrected chi connectivity index (χ3v) is 4.21. The Morgan fingerprint density at radius 3 is 2.58 bits per heavy atom. The number of hydrogen-bond acceptors (Lipinski definition) is 5. The van der Waals surface area contributed by atoms with Crippen LogP contribution in [-0.2, 0) is 0 Å². The Morgan fingerprint density at radius 1 is 1.31 bits per heavy atom. The van der Waals surface area contributed by atoms with Crippen LogP contribution in [0.25, 0.3) is 16.9 Å². The maximum atomic E-state index is 13.0. The van der Waals surface area contributed by atoms with E-state index in [-0.39, 0.29) is 22.5 Å². The van der Waals surface area contributed by atoms with Gasteiger partial charge in [-0.05, 0) is 25.5 Å². The first-order chi connectivity index (χ1) is 12.3. The second-order valence-electron chi connectivity index (χ2n) is 5.79. The van der Waals surface area contributed by atoms with E-state index in [9.17, 15) is 13.6 Å². The highest BCUT2D eigenvalue weighted by molar-refractivity contribution is 6.09. The number of methoxy groups -OCH3 is 1. The molecule has 0 aliphatic carbocycles. The van der Waals surface area contributed by atoms with Gasteiger partial charge in [-0.2, -0.15) is 0 Å². The molecule has 3 aromatic rings. The van der Waals surface area contributed by atoms with Crippen molar-refractivity contribution < 1.29 is 18.3 Å². The number of hydrogen-bond donors (Lipinski definition) is 2. The number of rotatable bonds is 4. The van der Waals surface area contributed by atoms with Crippen LogP contribution in [0.3, 0.4) is 0 Å². The van der Waals surface area contributed by atoms with Gasteiger partial charge in [0.15, 0.2) is 5.65 Å². The number of alkyl halides is 2. The molecular weight excluding hydrogens is 344 g/mol. The summed E-state index contributed by atoms with van der Waals surface area (Å²) in [5, 5.41) is 0. The summed E-state index contributed by atoms with van der Waals surface area (Å²) in [5.74, 6) is -0.284. The van der Waals surface area contributed by atoms with Crippen LogP contribution in [0.2, 0.25) is 0 Å². The Morgan fingerprint density at radius 2 is 2.00 bits per heavy atom. The molecule has 3 rings (SSSR count). The first-order valence-corrected chi connectivity index (χ1v) is 7.67. The number of fused-ring (bicyclic) bond motifs is 1. The molecule has 2 heterocycles. The standard InChI is InChI=1S/C17H17F2N5O2/c1-7-4-5-10(26-3)8(2)13(7)24-15(20)11(16(21)25)12-17(24)22-6-9(23-12)14(18)19/h4-6,14H,20H2,1-3H3,(H2,21,25). The van der Waals surface area contributed by atoms with Gasteiger partial charge < -0.3 is 16.2 Å². The molecule has 0 aliphatic rings. The maximum Gasteiger partial charge on any atom is 0.281 e. The summed E-state index contributed by atoms with van der Waals surface area (Å²) in [4.78, 5) is 19.8. The smallest absolute Gasteiger partial charge is 0.281 e. The van der Waals surface area contributed by atoms with E-state index in [1.165, 1.54) is 11.7 Å². The molecule has 1 amide bonds. The van der Waals surface area contributed by atoms with E-state index in [2.05, 4.69) is 9.97 Å². The van der Waals surface area contributed by atoms with E-state index in [1.807, 2.05) is 19.9 Å². The Labute approximate surface area is 147 Å². The van der Waals surface area contributed by atoms with Gasteiger partial charge >= 0.3 is 0 Å². The lowest BCUT2D eigenvalue weighted by atomic mass is 10.1. The molecule has 0 atom stereocenters. The molecule has 0 bridgehead atoms. The highest BCUT2D eigenvalue weighted by Gasteiger charge is 2.26. The van der Waals surface area contributed by atoms with Crippen molar-refractivity contribution >= 4 is 22.9 Å². The lowest BCUT2D eigenvalue weighted by molar-refractivity contribution is 0.100. The van der Waals surface area contributed by atoms with Gasteiger partial charge in [-0.1, -0.05) is 6.07 Å². The fraction of sp³-hybridized carbons (Fsp3) is 0.235. The largest absolute Gasteiger partial charge is 0.496 e. The molecule has 0 spiro atoms. The van der Waals surface area contributed by atoms with Crippen LogP contribution < -0.4 is 16.2 Å². The average Bonchev–Trinajstić information content (AvgIpc) is 2.87. The van der Waals surface area contributed by atoms with Gasteiger partial charge in [0, 0.05) is 5.56 Å². The number of carbonyl (C=O) groups is 1. The minimum atomic E-state index is -2.84. The summed E-state index contributed by atoms with van der Waals surface area (Å²) in [6, 6.07) is 3.61. The first-order valence-electron chi connectivity index (χ1n) is 7.67. The fourth-order valence-electron chi connectivity index (χ4n) is 3.03. The third kappa shape index (κ3) is 2.52. The number of nitrogen functional groups attached to an aromatic ring is 1. The normalized spacial score (nSPS) is 11.3. The summed E-state index contributed by atoms with van der Waals surface area (Å²) in [7, 11) is 1.53. The number of amides is 1. The minimum Gasteiger partial charge on any atom is -0.496 e. The summed E-state index contributed by atoms with van der Waals surface area (Å²) >= 11 is 0. The van der Waals surface area contributed by atoms with E-state index < -0.39 is 18.0 Å². The molecule has 136 valence electrons. The van der Waals surface area contributed by atoms with E-state index in [0.717, 1.165) is 17.3 Å². The van der Waals surface area contributed by atoms with Crippen LogP contribution in [0.4, 0.5) is 14.6 Å². The number of nitrogens with two attached hydrogens (primary N) is 2. The Kier molecular flexibility index (Phi) is 4.23. The third-order valence-electron chi connectivity index (χ3n) is 4.21. The highest BCUT2D eigenvalue weighted by atomic mass is 19.3. The molecule has 1 aromatic carbocycles. The minimum absolute atomic E-state index is 0.0154. The van der Waals surface area contributed by atoms with Crippen molar-refractivity contribution in [3.8, 4) is 11.4 Å². The van der Waals surface area contributed by atoms with Crippen LogP contribution in [0.5, 0.6) is 5.75 Å². The molecule has 0 unspecified atom stereocenters. The van der Waals surface area contributed by atoms with E-state index in [0.29, 0.717) is 11.4 Å². The summed E-state index contributed by atoms with van der Waals surface area (Å²) in [5.41, 5.74) is 13.2. The Bertz CT molecular complexity index is 1030. The zero-order valence-electron chi connectivity index (χ0n) is 14.4. The van der Waals surface area contributed by atoms with Crippen LogP contribution in [-0.4, -0.2) is 27.6 Å². The number of primary amides is 1. The lowest BCUT2D eigenvalue weighted by Gasteiger charge is -2.16. The molecule has 7 nitrogen and oxygen atoms in total. The zero-order chi connectivity index (χ0) is 19.2. The molecular formula is C17H17F2N5O2. The number of carbonyl (C=O) groups excluding carboxylic acids is 1. The number of anilines is 1. The predicted octanol–water partition coefficient (Wildman–Crippen LogP) is 2.66. The van der Waals surface area contributed by atoms with Gasteiger partial charge in [0.25, 0.3) is 12.3 Å². The number of nitrogens with zero attached hydrogens (tertiary/aromatic N) is 3. The van der Waals surface area contributed by atoms with Crippen molar-refractivity contribution in [3.63, 3.8) is 0 Å². The van der Waals surface area contributed by atoms with Crippen molar-refractivity contribution in [2.75, 3.05) is 12.8 Å². The van der Waals surface area contributed by atoms with Gasteiger partial charge in [-0.25, -0.2) is 18.7 Å². The topological polar surface area (TPSA) is 109 Å². The van der Waals surface area contributed by atoms with Crippen molar-refractivity contribution in [2.24, 2.45) is 5.73 Å². The van der Waals surface area contributed by atoms with E-state index >= 15 is 0 Å². The van der Waals surface area contributed by atoms with Crippen LogP contribution in [0.1, 0.15) is 33.6 Å². The van der Waals surface area contributed by atoms with Gasteiger partial charge in [0.1, 0.15) is 28.3 Å². The first kappa shape index (κ1) is 17.6. The van der Waals surface area contributed by atoms with Gasteiger partial charge in [-0.3, -0.25) is 9.36 Å². The average molecular weight is 361 g/mol. The Hall–Kier alpha value is -3.23. The molecule has 0 saturated carbocycles. The SMILES string of the molecule is COc1ccc(C)c(-n2c(N)c(C(N)=O)c3nc(C(F)F)cnc32)c1C. The number of ether oxygens (including phenoxy) is 1. The van der Waals surface area contributed by atoms with Crippen molar-refractivity contribution in [2.45, 2.75) is 20.3 Å². The second kappa shape index (κ2) is 6.25. The number of aromatic nitrogens is 3. The van der Waals surface area contributed by atoms with Crippen LogP contribution in [0, 0.1) is 13.8 Å².